The Morgan fingerprint density at radius 2 is 2.44 bits per heavy atom. The Kier molecular flexibility index (Phi) is 3.00. The van der Waals surface area contributed by atoms with E-state index in [2.05, 4.69) is 21.5 Å². The van der Waals surface area contributed by atoms with Crippen LogP contribution in [-0.4, -0.2) is 33.3 Å². The molecule has 2 heterocycles. The number of nitrogens with one attached hydrogen (secondary N) is 1. The molecule has 16 heavy (non-hydrogen) atoms. The van der Waals surface area contributed by atoms with E-state index in [1.54, 1.807) is 23.3 Å². The highest BCUT2D eigenvalue weighted by Gasteiger charge is 2.15. The van der Waals surface area contributed by atoms with Crippen LogP contribution in [0, 0.1) is 6.92 Å². The topological polar surface area (TPSA) is 61.9 Å². The van der Waals surface area contributed by atoms with E-state index in [0.29, 0.717) is 12.2 Å². The van der Waals surface area contributed by atoms with Crippen molar-refractivity contribution in [2.75, 3.05) is 7.05 Å². The fourth-order valence-corrected chi connectivity index (χ4v) is 2.31. The zero-order chi connectivity index (χ0) is 11.5. The van der Waals surface area contributed by atoms with Crippen LogP contribution in [0.3, 0.4) is 0 Å². The summed E-state index contributed by atoms with van der Waals surface area (Å²) in [5.41, 5.74) is 1.56. The van der Waals surface area contributed by atoms with Crippen molar-refractivity contribution in [3.63, 3.8) is 0 Å². The Balaban J connectivity index is 2.07. The van der Waals surface area contributed by atoms with Crippen molar-refractivity contribution < 1.29 is 4.79 Å². The summed E-state index contributed by atoms with van der Waals surface area (Å²) in [6, 6.07) is 2.05. The van der Waals surface area contributed by atoms with Crippen LogP contribution in [0.1, 0.15) is 20.9 Å². The van der Waals surface area contributed by atoms with Gasteiger partial charge in [0.15, 0.2) is 5.69 Å². The molecule has 1 N–H and O–H groups in total. The molecule has 0 radical (unpaired) electrons. The van der Waals surface area contributed by atoms with Crippen LogP contribution in [0.25, 0.3) is 0 Å². The van der Waals surface area contributed by atoms with E-state index in [-0.39, 0.29) is 5.91 Å². The second kappa shape index (κ2) is 4.44. The predicted octanol–water partition coefficient (Wildman–Crippen LogP) is 1.45. The van der Waals surface area contributed by atoms with E-state index in [1.165, 1.54) is 16.6 Å². The number of nitrogens with zero attached hydrogens (tertiary/aromatic N) is 3. The van der Waals surface area contributed by atoms with Gasteiger partial charge >= 0.3 is 0 Å². The van der Waals surface area contributed by atoms with Crippen molar-refractivity contribution >= 4 is 17.2 Å². The first-order valence-corrected chi connectivity index (χ1v) is 5.70. The summed E-state index contributed by atoms with van der Waals surface area (Å²) in [6.07, 6.45) is 1.43. The van der Waals surface area contributed by atoms with Gasteiger partial charge in [-0.2, -0.15) is 15.4 Å². The second-order valence-electron chi connectivity index (χ2n) is 3.54. The molecule has 0 unspecified atom stereocenters. The highest BCUT2D eigenvalue weighted by molar-refractivity contribution is 7.10. The average Bonchev–Trinajstić information content (AvgIpc) is 2.89. The molecule has 0 aliphatic heterocycles. The standard InChI is InChI=1S/C10H12N4OS/c1-7-3-4-16-9(7)6-14(2)10(15)8-5-11-13-12-8/h3-5H,6H2,1-2H3,(H,11,12,13). The van der Waals surface area contributed by atoms with Gasteiger partial charge in [0.25, 0.3) is 5.91 Å². The maximum Gasteiger partial charge on any atom is 0.276 e. The van der Waals surface area contributed by atoms with Crippen LogP contribution in [0.5, 0.6) is 0 Å². The van der Waals surface area contributed by atoms with E-state index in [9.17, 15) is 4.79 Å². The van der Waals surface area contributed by atoms with Gasteiger partial charge in [0, 0.05) is 11.9 Å². The summed E-state index contributed by atoms with van der Waals surface area (Å²) in [6.45, 7) is 2.65. The summed E-state index contributed by atoms with van der Waals surface area (Å²) in [4.78, 5) is 14.7. The number of rotatable bonds is 3. The highest BCUT2D eigenvalue weighted by atomic mass is 32.1. The third-order valence-electron chi connectivity index (χ3n) is 2.33. The Hall–Kier alpha value is -1.69. The Bertz CT molecular complexity index is 477. The molecule has 0 bridgehead atoms. The summed E-state index contributed by atoms with van der Waals surface area (Å²) in [7, 11) is 1.76. The molecular weight excluding hydrogens is 224 g/mol. The number of thiophene rings is 1. The minimum absolute atomic E-state index is 0.124. The minimum Gasteiger partial charge on any atom is -0.335 e. The summed E-state index contributed by atoms with van der Waals surface area (Å²) in [5, 5.41) is 11.8. The Morgan fingerprint density at radius 1 is 1.62 bits per heavy atom. The zero-order valence-corrected chi connectivity index (χ0v) is 9.91. The molecule has 0 spiro atoms. The summed E-state index contributed by atoms with van der Waals surface area (Å²) >= 11 is 1.65. The quantitative estimate of drug-likeness (QED) is 0.877. The smallest absolute Gasteiger partial charge is 0.276 e. The van der Waals surface area contributed by atoms with Crippen LogP contribution < -0.4 is 0 Å². The first-order chi connectivity index (χ1) is 7.68. The monoisotopic (exact) mass is 236 g/mol. The summed E-state index contributed by atoms with van der Waals surface area (Å²) in [5.74, 6) is -0.124. The lowest BCUT2D eigenvalue weighted by Crippen LogP contribution is -2.26. The number of carbonyl (C=O) groups is 1. The fourth-order valence-electron chi connectivity index (χ4n) is 1.35. The zero-order valence-electron chi connectivity index (χ0n) is 9.10. The number of aromatic nitrogens is 3. The van der Waals surface area contributed by atoms with Crippen molar-refractivity contribution in [3.05, 3.63) is 33.8 Å². The third-order valence-corrected chi connectivity index (χ3v) is 3.34. The molecule has 1 amide bonds. The number of aryl methyl sites for hydroxylation is 1. The SMILES string of the molecule is Cc1ccsc1CN(C)C(=O)c1cn[nH]n1. The second-order valence-corrected chi connectivity index (χ2v) is 4.54. The first kappa shape index (κ1) is 10.8. The van der Waals surface area contributed by atoms with Gasteiger partial charge in [-0.15, -0.1) is 11.3 Å². The molecule has 0 saturated carbocycles. The van der Waals surface area contributed by atoms with Gasteiger partial charge in [-0.05, 0) is 23.9 Å². The molecule has 0 atom stereocenters. The van der Waals surface area contributed by atoms with Gasteiger partial charge in [0.05, 0.1) is 12.7 Å². The van der Waals surface area contributed by atoms with Crippen LogP contribution in [0.15, 0.2) is 17.6 Å². The van der Waals surface area contributed by atoms with E-state index in [1.807, 2.05) is 12.3 Å². The fraction of sp³-hybridized carbons (Fsp3) is 0.300. The van der Waals surface area contributed by atoms with Gasteiger partial charge < -0.3 is 4.90 Å². The van der Waals surface area contributed by atoms with Crippen LogP contribution in [0.4, 0.5) is 0 Å². The molecule has 2 aromatic rings. The number of hydrogen-bond acceptors (Lipinski definition) is 4. The molecule has 2 rings (SSSR count). The van der Waals surface area contributed by atoms with Crippen molar-refractivity contribution in [1.29, 1.82) is 0 Å². The maximum absolute atomic E-state index is 11.9. The van der Waals surface area contributed by atoms with Gasteiger partial charge in [-0.1, -0.05) is 0 Å². The van der Waals surface area contributed by atoms with Gasteiger partial charge in [-0.25, -0.2) is 0 Å². The van der Waals surface area contributed by atoms with Gasteiger partial charge in [0.1, 0.15) is 0 Å². The molecule has 0 aliphatic carbocycles. The van der Waals surface area contributed by atoms with Crippen molar-refractivity contribution in [1.82, 2.24) is 20.3 Å². The molecule has 0 saturated heterocycles. The third kappa shape index (κ3) is 2.11. The van der Waals surface area contributed by atoms with Crippen LogP contribution in [-0.2, 0) is 6.54 Å². The molecule has 5 nitrogen and oxygen atoms in total. The number of carbonyl (C=O) groups excluding carboxylic acids is 1. The molecule has 0 aromatic carbocycles. The van der Waals surface area contributed by atoms with E-state index in [4.69, 9.17) is 0 Å². The lowest BCUT2D eigenvalue weighted by molar-refractivity contribution is 0.0780. The maximum atomic E-state index is 11.9. The number of H-pyrrole nitrogens is 1. The molecule has 2 aromatic heterocycles. The van der Waals surface area contributed by atoms with E-state index < -0.39 is 0 Å². The first-order valence-electron chi connectivity index (χ1n) is 4.82. The molecule has 0 aliphatic rings. The molecule has 0 fully saturated rings. The number of hydrogen-bond donors (Lipinski definition) is 1. The van der Waals surface area contributed by atoms with Crippen LogP contribution >= 0.6 is 11.3 Å². The Morgan fingerprint density at radius 3 is 3.00 bits per heavy atom. The molecule has 6 heteroatoms. The molecule has 84 valence electrons. The van der Waals surface area contributed by atoms with Crippen LogP contribution in [0.2, 0.25) is 0 Å². The molecular formula is C10H12N4OS. The van der Waals surface area contributed by atoms with Crippen molar-refractivity contribution in [2.24, 2.45) is 0 Å². The summed E-state index contributed by atoms with van der Waals surface area (Å²) < 4.78 is 0. The predicted molar refractivity (Wildman–Crippen MR) is 61.2 cm³/mol. The number of aromatic amines is 1. The van der Waals surface area contributed by atoms with Crippen molar-refractivity contribution in [2.45, 2.75) is 13.5 Å². The average molecular weight is 236 g/mol. The lowest BCUT2D eigenvalue weighted by Gasteiger charge is -2.14. The Labute approximate surface area is 97.1 Å². The lowest BCUT2D eigenvalue weighted by atomic mass is 10.3. The number of amides is 1. The van der Waals surface area contributed by atoms with E-state index >= 15 is 0 Å². The van der Waals surface area contributed by atoms with Gasteiger partial charge in [-0.3, -0.25) is 4.79 Å². The highest BCUT2D eigenvalue weighted by Crippen LogP contribution is 2.17. The normalized spacial score (nSPS) is 10.4. The minimum atomic E-state index is -0.124. The van der Waals surface area contributed by atoms with Crippen molar-refractivity contribution in [3.8, 4) is 0 Å². The van der Waals surface area contributed by atoms with E-state index in [0.717, 1.165) is 0 Å². The van der Waals surface area contributed by atoms with Gasteiger partial charge in [0.2, 0.25) is 0 Å². The largest absolute Gasteiger partial charge is 0.335 e.